The van der Waals surface area contributed by atoms with Crippen LogP contribution in [0.5, 0.6) is 0 Å². The number of nitrogens with one attached hydrogen (secondary N) is 1. The van der Waals surface area contributed by atoms with Gasteiger partial charge in [-0.1, -0.05) is 6.07 Å². The number of piperidine rings is 1. The van der Waals surface area contributed by atoms with Gasteiger partial charge >= 0.3 is 6.18 Å². The monoisotopic (exact) mass is 415 g/mol. The fourth-order valence-electron chi connectivity index (χ4n) is 3.73. The van der Waals surface area contributed by atoms with Crippen molar-refractivity contribution in [1.82, 2.24) is 24.8 Å². The van der Waals surface area contributed by atoms with E-state index in [4.69, 9.17) is 4.98 Å². The van der Waals surface area contributed by atoms with Crippen molar-refractivity contribution < 1.29 is 13.2 Å². The third-order valence-electron chi connectivity index (χ3n) is 5.42. The molecule has 2 saturated heterocycles. The third kappa shape index (κ3) is 4.67. The van der Waals surface area contributed by atoms with Crippen molar-refractivity contribution in [2.24, 2.45) is 0 Å². The molecule has 2 aliphatic rings. The highest BCUT2D eigenvalue weighted by molar-refractivity contribution is 5.85. The van der Waals surface area contributed by atoms with Crippen LogP contribution in [0.15, 0.2) is 24.4 Å². The van der Waals surface area contributed by atoms with Gasteiger partial charge in [0.05, 0.1) is 5.69 Å². The first-order chi connectivity index (χ1) is 13.0. The summed E-state index contributed by atoms with van der Waals surface area (Å²) in [6, 6.07) is 4.00. The van der Waals surface area contributed by atoms with Crippen LogP contribution in [0, 0.1) is 0 Å². The van der Waals surface area contributed by atoms with E-state index in [-0.39, 0.29) is 18.1 Å². The average molecular weight is 416 g/mol. The zero-order chi connectivity index (χ0) is 18.9. The number of nitrogens with zero attached hydrogens (tertiary/aromatic N) is 4. The minimum atomic E-state index is -4.45. The van der Waals surface area contributed by atoms with Crippen molar-refractivity contribution in [1.29, 1.82) is 0 Å². The summed E-state index contributed by atoms with van der Waals surface area (Å²) >= 11 is 0. The minimum Gasteiger partial charge on any atom is -0.333 e. The Morgan fingerprint density at radius 1 is 1.04 bits per heavy atom. The van der Waals surface area contributed by atoms with E-state index >= 15 is 0 Å². The number of pyridine rings is 1. The molecule has 0 atom stereocenters. The number of aromatic nitrogens is 3. The van der Waals surface area contributed by atoms with Gasteiger partial charge in [0.25, 0.3) is 0 Å². The zero-order valence-corrected chi connectivity index (χ0v) is 16.4. The van der Waals surface area contributed by atoms with Crippen LogP contribution in [0.1, 0.15) is 36.7 Å². The SMILES string of the molecule is Cl.FC(F)(F)c1cccc(-c2cn(CCN3CCC3)c(C3CCNCC3)n2)n1. The maximum Gasteiger partial charge on any atom is 0.433 e. The number of rotatable bonds is 5. The molecule has 4 rings (SSSR count). The van der Waals surface area contributed by atoms with Crippen LogP contribution in [0.2, 0.25) is 0 Å². The molecule has 0 spiro atoms. The van der Waals surface area contributed by atoms with E-state index in [0.29, 0.717) is 11.6 Å². The van der Waals surface area contributed by atoms with E-state index in [9.17, 15) is 13.2 Å². The van der Waals surface area contributed by atoms with Crippen LogP contribution < -0.4 is 5.32 Å². The summed E-state index contributed by atoms with van der Waals surface area (Å²) in [5, 5.41) is 3.35. The van der Waals surface area contributed by atoms with Crippen LogP contribution in [-0.4, -0.2) is 52.2 Å². The Morgan fingerprint density at radius 3 is 2.43 bits per heavy atom. The molecule has 0 unspecified atom stereocenters. The van der Waals surface area contributed by atoms with Gasteiger partial charge in [-0.05, 0) is 57.6 Å². The molecule has 2 fully saturated rings. The van der Waals surface area contributed by atoms with Gasteiger partial charge in [0.15, 0.2) is 0 Å². The molecule has 2 aromatic heterocycles. The smallest absolute Gasteiger partial charge is 0.333 e. The second-order valence-corrected chi connectivity index (χ2v) is 7.30. The highest BCUT2D eigenvalue weighted by Gasteiger charge is 2.33. The Bertz CT molecular complexity index is 782. The van der Waals surface area contributed by atoms with Gasteiger partial charge in [-0.2, -0.15) is 13.2 Å². The Morgan fingerprint density at radius 2 is 1.79 bits per heavy atom. The van der Waals surface area contributed by atoms with Gasteiger partial charge in [0, 0.05) is 25.2 Å². The molecule has 2 aliphatic heterocycles. The van der Waals surface area contributed by atoms with E-state index in [2.05, 4.69) is 19.8 Å². The minimum absolute atomic E-state index is 0. The standard InChI is InChI=1S/C19H24F3N5.ClH/c20-19(21,22)17-4-1-3-15(24-17)16-13-27(12-11-26-9-2-10-26)18(25-16)14-5-7-23-8-6-14;/h1,3-4,13-14,23H,2,5-12H2;1H. The van der Waals surface area contributed by atoms with Crippen molar-refractivity contribution >= 4 is 12.4 Å². The maximum atomic E-state index is 13.0. The lowest BCUT2D eigenvalue weighted by Gasteiger charge is -2.31. The molecule has 0 aliphatic carbocycles. The Labute approximate surface area is 168 Å². The number of hydrogen-bond donors (Lipinski definition) is 1. The summed E-state index contributed by atoms with van der Waals surface area (Å²) < 4.78 is 41.2. The summed E-state index contributed by atoms with van der Waals surface area (Å²) in [4.78, 5) is 10.9. The molecule has 154 valence electrons. The predicted octanol–water partition coefficient (Wildman–Crippen LogP) is 3.56. The molecule has 0 aromatic carbocycles. The molecule has 0 radical (unpaired) electrons. The van der Waals surface area contributed by atoms with Crippen molar-refractivity contribution in [3.8, 4) is 11.4 Å². The van der Waals surface area contributed by atoms with Crippen LogP contribution in [0.25, 0.3) is 11.4 Å². The third-order valence-corrected chi connectivity index (χ3v) is 5.42. The maximum absolute atomic E-state index is 13.0. The van der Waals surface area contributed by atoms with Crippen LogP contribution in [0.4, 0.5) is 13.2 Å². The molecule has 28 heavy (non-hydrogen) atoms. The summed E-state index contributed by atoms with van der Waals surface area (Å²) in [6.07, 6.45) is 0.657. The second-order valence-electron chi connectivity index (χ2n) is 7.30. The van der Waals surface area contributed by atoms with Gasteiger partial charge in [0.1, 0.15) is 17.2 Å². The van der Waals surface area contributed by atoms with E-state index in [1.807, 2.05) is 6.20 Å². The lowest BCUT2D eigenvalue weighted by atomic mass is 9.97. The van der Waals surface area contributed by atoms with Crippen LogP contribution >= 0.6 is 12.4 Å². The zero-order valence-electron chi connectivity index (χ0n) is 15.6. The second kappa shape index (κ2) is 8.80. The molecular weight excluding hydrogens is 391 g/mol. The van der Waals surface area contributed by atoms with Crippen LogP contribution in [0.3, 0.4) is 0 Å². The highest BCUT2D eigenvalue weighted by atomic mass is 35.5. The number of imidazole rings is 1. The van der Waals surface area contributed by atoms with E-state index in [0.717, 1.165) is 64.0 Å². The van der Waals surface area contributed by atoms with Crippen molar-refractivity contribution in [2.45, 2.75) is 37.9 Å². The number of likely N-dealkylation sites (tertiary alicyclic amines) is 1. The fraction of sp³-hybridized carbons (Fsp3) is 0.579. The lowest BCUT2D eigenvalue weighted by Crippen LogP contribution is -2.39. The van der Waals surface area contributed by atoms with Gasteiger partial charge in [-0.15, -0.1) is 12.4 Å². The number of halogens is 4. The van der Waals surface area contributed by atoms with Gasteiger partial charge in [-0.25, -0.2) is 9.97 Å². The first-order valence-corrected chi connectivity index (χ1v) is 9.55. The Kier molecular flexibility index (Phi) is 6.62. The molecule has 1 N–H and O–H groups in total. The molecule has 0 bridgehead atoms. The highest BCUT2D eigenvalue weighted by Crippen LogP contribution is 2.31. The average Bonchev–Trinajstić information content (AvgIpc) is 3.05. The van der Waals surface area contributed by atoms with Gasteiger partial charge < -0.3 is 14.8 Å². The van der Waals surface area contributed by atoms with Gasteiger partial charge in [0.2, 0.25) is 0 Å². The fourth-order valence-corrected chi connectivity index (χ4v) is 3.73. The largest absolute Gasteiger partial charge is 0.433 e. The van der Waals surface area contributed by atoms with Crippen molar-refractivity contribution in [3.05, 3.63) is 35.9 Å². The van der Waals surface area contributed by atoms with Crippen molar-refractivity contribution in [3.63, 3.8) is 0 Å². The summed E-state index contributed by atoms with van der Waals surface area (Å²) in [5.74, 6) is 1.31. The number of hydrogen-bond acceptors (Lipinski definition) is 4. The molecular formula is C19H25ClF3N5. The van der Waals surface area contributed by atoms with Crippen LogP contribution in [-0.2, 0) is 12.7 Å². The topological polar surface area (TPSA) is 46.0 Å². The summed E-state index contributed by atoms with van der Waals surface area (Å²) in [7, 11) is 0. The first kappa shape index (κ1) is 21.1. The van der Waals surface area contributed by atoms with E-state index in [1.54, 1.807) is 6.07 Å². The van der Waals surface area contributed by atoms with Crippen molar-refractivity contribution in [2.75, 3.05) is 32.7 Å². The lowest BCUT2D eigenvalue weighted by molar-refractivity contribution is -0.141. The molecule has 4 heterocycles. The molecule has 9 heteroatoms. The first-order valence-electron chi connectivity index (χ1n) is 9.55. The normalized spacial score (nSPS) is 18.5. The Hall–Kier alpha value is -1.64. The van der Waals surface area contributed by atoms with E-state index in [1.165, 1.54) is 12.5 Å². The quantitative estimate of drug-likeness (QED) is 0.811. The predicted molar refractivity (Wildman–Crippen MR) is 104 cm³/mol. The summed E-state index contributed by atoms with van der Waals surface area (Å²) in [6.45, 7) is 5.90. The Balaban J connectivity index is 0.00000225. The molecule has 5 nitrogen and oxygen atoms in total. The summed E-state index contributed by atoms with van der Waals surface area (Å²) in [5.41, 5.74) is -0.0699. The number of alkyl halides is 3. The van der Waals surface area contributed by atoms with Gasteiger partial charge in [-0.3, -0.25) is 0 Å². The molecule has 0 amide bonds. The molecule has 0 saturated carbocycles. The molecule has 2 aromatic rings. The van der Waals surface area contributed by atoms with E-state index < -0.39 is 11.9 Å².